The monoisotopic (exact) mass is 321 g/mol. The summed E-state index contributed by atoms with van der Waals surface area (Å²) in [4.78, 5) is 22.6. The van der Waals surface area contributed by atoms with Gasteiger partial charge in [0.1, 0.15) is 0 Å². The maximum absolute atomic E-state index is 12.2. The number of carbonyl (C=O) groups is 2. The van der Waals surface area contributed by atoms with Crippen LogP contribution in [0.5, 0.6) is 0 Å². The standard InChI is InChI=1S/C13H14F3NO3S/c1-12(2,11(19)20)7-17-10(18)8-3-5-9(6-4-8)21-13(14,15)16/h3-6H,7H2,1-2H3,(H,17,18)(H,19,20). The number of carboxylic acid groups (broad SMARTS) is 1. The molecule has 8 heteroatoms. The van der Waals surface area contributed by atoms with Gasteiger partial charge in [-0.2, -0.15) is 13.2 Å². The number of halogens is 3. The number of hydrogen-bond donors (Lipinski definition) is 2. The van der Waals surface area contributed by atoms with Crippen LogP contribution in [0.1, 0.15) is 24.2 Å². The van der Waals surface area contributed by atoms with Crippen LogP contribution in [0.4, 0.5) is 13.2 Å². The Morgan fingerprint density at radius 1 is 1.19 bits per heavy atom. The number of nitrogens with one attached hydrogen (secondary N) is 1. The number of rotatable bonds is 5. The molecule has 1 rings (SSSR count). The molecule has 1 aromatic carbocycles. The smallest absolute Gasteiger partial charge is 0.446 e. The average molecular weight is 321 g/mol. The van der Waals surface area contributed by atoms with Crippen molar-refractivity contribution in [3.8, 4) is 0 Å². The summed E-state index contributed by atoms with van der Waals surface area (Å²) in [5, 5.41) is 11.3. The lowest BCUT2D eigenvalue weighted by molar-refractivity contribution is -0.146. The maximum Gasteiger partial charge on any atom is 0.446 e. The van der Waals surface area contributed by atoms with E-state index in [1.807, 2.05) is 0 Å². The fourth-order valence-corrected chi connectivity index (χ4v) is 1.83. The van der Waals surface area contributed by atoms with Crippen LogP contribution in [-0.4, -0.2) is 29.0 Å². The van der Waals surface area contributed by atoms with E-state index in [4.69, 9.17) is 5.11 Å². The Kier molecular flexibility index (Phi) is 5.27. The molecule has 0 heterocycles. The quantitative estimate of drug-likeness (QED) is 0.818. The fourth-order valence-electron chi connectivity index (χ4n) is 1.29. The number of thioether (sulfide) groups is 1. The van der Waals surface area contributed by atoms with Gasteiger partial charge in [-0.05, 0) is 49.9 Å². The average Bonchev–Trinajstić information content (AvgIpc) is 2.35. The van der Waals surface area contributed by atoms with Crippen molar-refractivity contribution in [2.45, 2.75) is 24.3 Å². The number of carboxylic acids is 1. The number of amides is 1. The Morgan fingerprint density at radius 2 is 1.71 bits per heavy atom. The highest BCUT2D eigenvalue weighted by molar-refractivity contribution is 8.00. The molecule has 4 nitrogen and oxygen atoms in total. The predicted molar refractivity (Wildman–Crippen MR) is 72.1 cm³/mol. The van der Waals surface area contributed by atoms with Crippen LogP contribution in [0.3, 0.4) is 0 Å². The minimum Gasteiger partial charge on any atom is -0.481 e. The van der Waals surface area contributed by atoms with Gasteiger partial charge in [0.15, 0.2) is 0 Å². The molecular formula is C13H14F3NO3S. The van der Waals surface area contributed by atoms with Gasteiger partial charge in [0, 0.05) is 17.0 Å². The van der Waals surface area contributed by atoms with Crippen molar-refractivity contribution in [1.82, 2.24) is 5.32 Å². The third-order valence-electron chi connectivity index (χ3n) is 2.62. The number of aliphatic carboxylic acids is 1. The first kappa shape index (κ1) is 17.4. The van der Waals surface area contributed by atoms with Crippen molar-refractivity contribution in [1.29, 1.82) is 0 Å². The second-order valence-electron chi connectivity index (χ2n) is 4.94. The summed E-state index contributed by atoms with van der Waals surface area (Å²) in [5.74, 6) is -1.59. The van der Waals surface area contributed by atoms with E-state index in [2.05, 4.69) is 5.32 Å². The molecule has 0 aliphatic heterocycles. The summed E-state index contributed by atoms with van der Waals surface area (Å²) in [6.45, 7) is 2.83. The highest BCUT2D eigenvalue weighted by atomic mass is 32.2. The van der Waals surface area contributed by atoms with Crippen LogP contribution in [0.15, 0.2) is 29.2 Å². The SMILES string of the molecule is CC(C)(CNC(=O)c1ccc(SC(F)(F)F)cc1)C(=O)O. The number of alkyl halides is 3. The molecule has 0 saturated heterocycles. The molecule has 116 valence electrons. The topological polar surface area (TPSA) is 66.4 Å². The van der Waals surface area contributed by atoms with E-state index >= 15 is 0 Å². The second-order valence-corrected chi connectivity index (χ2v) is 6.08. The van der Waals surface area contributed by atoms with Gasteiger partial charge >= 0.3 is 11.5 Å². The van der Waals surface area contributed by atoms with E-state index in [1.165, 1.54) is 38.1 Å². The van der Waals surface area contributed by atoms with Crippen LogP contribution in [-0.2, 0) is 4.79 Å². The van der Waals surface area contributed by atoms with E-state index in [-0.39, 0.29) is 28.8 Å². The summed E-state index contributed by atoms with van der Waals surface area (Å²) in [6.07, 6.45) is 0. The number of hydrogen-bond acceptors (Lipinski definition) is 3. The molecule has 21 heavy (non-hydrogen) atoms. The zero-order valence-electron chi connectivity index (χ0n) is 11.3. The van der Waals surface area contributed by atoms with Gasteiger partial charge in [0.2, 0.25) is 0 Å². The van der Waals surface area contributed by atoms with Gasteiger partial charge < -0.3 is 10.4 Å². The third-order valence-corrected chi connectivity index (χ3v) is 3.36. The van der Waals surface area contributed by atoms with Gasteiger partial charge in [0.25, 0.3) is 5.91 Å². The molecule has 0 aliphatic rings. The predicted octanol–water partition coefficient (Wildman–Crippen LogP) is 3.14. The Balaban J connectivity index is 2.66. The highest BCUT2D eigenvalue weighted by Gasteiger charge is 2.29. The molecule has 0 aromatic heterocycles. The van der Waals surface area contributed by atoms with E-state index in [9.17, 15) is 22.8 Å². The molecule has 0 atom stereocenters. The summed E-state index contributed by atoms with van der Waals surface area (Å²) in [5.41, 5.74) is -5.33. The number of benzene rings is 1. The van der Waals surface area contributed by atoms with Crippen LogP contribution in [0, 0.1) is 5.41 Å². The Labute approximate surface area is 123 Å². The molecular weight excluding hydrogens is 307 g/mol. The molecule has 0 fully saturated rings. The van der Waals surface area contributed by atoms with E-state index in [1.54, 1.807) is 0 Å². The zero-order chi connectivity index (χ0) is 16.3. The molecule has 0 spiro atoms. The third kappa shape index (κ3) is 5.66. The van der Waals surface area contributed by atoms with Crippen molar-refractivity contribution in [2.24, 2.45) is 5.41 Å². The Hall–Kier alpha value is -1.70. The van der Waals surface area contributed by atoms with Crippen LogP contribution < -0.4 is 5.32 Å². The van der Waals surface area contributed by atoms with Crippen molar-refractivity contribution >= 4 is 23.6 Å². The number of carbonyl (C=O) groups excluding carboxylic acids is 1. The van der Waals surface area contributed by atoms with Crippen molar-refractivity contribution < 1.29 is 27.9 Å². The van der Waals surface area contributed by atoms with E-state index in [0.717, 1.165) is 0 Å². The molecule has 0 radical (unpaired) electrons. The first-order chi connectivity index (χ1) is 9.51. The van der Waals surface area contributed by atoms with Crippen molar-refractivity contribution in [3.63, 3.8) is 0 Å². The van der Waals surface area contributed by atoms with Gasteiger partial charge in [0.05, 0.1) is 5.41 Å². The molecule has 0 unspecified atom stereocenters. The first-order valence-electron chi connectivity index (χ1n) is 5.89. The largest absolute Gasteiger partial charge is 0.481 e. The van der Waals surface area contributed by atoms with Crippen molar-refractivity contribution in [2.75, 3.05) is 6.54 Å². The Morgan fingerprint density at radius 3 is 2.14 bits per heavy atom. The van der Waals surface area contributed by atoms with Gasteiger partial charge in [-0.25, -0.2) is 0 Å². The van der Waals surface area contributed by atoms with Crippen LogP contribution >= 0.6 is 11.8 Å². The molecule has 1 amide bonds. The molecule has 2 N–H and O–H groups in total. The van der Waals surface area contributed by atoms with Gasteiger partial charge in [-0.3, -0.25) is 9.59 Å². The lowest BCUT2D eigenvalue weighted by atomic mass is 9.94. The summed E-state index contributed by atoms with van der Waals surface area (Å²) in [7, 11) is 0. The molecule has 0 aliphatic carbocycles. The molecule has 1 aromatic rings. The first-order valence-corrected chi connectivity index (χ1v) is 6.70. The summed E-state index contributed by atoms with van der Waals surface area (Å²) >= 11 is -0.267. The fraction of sp³-hybridized carbons (Fsp3) is 0.385. The highest BCUT2D eigenvalue weighted by Crippen LogP contribution is 2.36. The lowest BCUT2D eigenvalue weighted by Gasteiger charge is -2.19. The van der Waals surface area contributed by atoms with Gasteiger partial charge in [-0.15, -0.1) is 0 Å². The molecule has 0 saturated carbocycles. The minimum absolute atomic E-state index is 0.0232. The van der Waals surface area contributed by atoms with E-state index in [0.29, 0.717) is 0 Å². The van der Waals surface area contributed by atoms with Crippen LogP contribution in [0.2, 0.25) is 0 Å². The van der Waals surface area contributed by atoms with Crippen LogP contribution in [0.25, 0.3) is 0 Å². The summed E-state index contributed by atoms with van der Waals surface area (Å²) in [6, 6.07) is 4.90. The Bertz CT molecular complexity index is 526. The minimum atomic E-state index is -4.38. The zero-order valence-corrected chi connectivity index (χ0v) is 12.1. The lowest BCUT2D eigenvalue weighted by Crippen LogP contribution is -2.38. The normalized spacial score (nSPS) is 12.0. The van der Waals surface area contributed by atoms with E-state index < -0.39 is 22.8 Å². The van der Waals surface area contributed by atoms with Crippen molar-refractivity contribution in [3.05, 3.63) is 29.8 Å². The second kappa shape index (κ2) is 6.38. The molecule has 0 bridgehead atoms. The maximum atomic E-state index is 12.2. The van der Waals surface area contributed by atoms with Gasteiger partial charge in [-0.1, -0.05) is 0 Å². The summed E-state index contributed by atoms with van der Waals surface area (Å²) < 4.78 is 36.5.